The van der Waals surface area contributed by atoms with E-state index in [-0.39, 0.29) is 17.7 Å². The van der Waals surface area contributed by atoms with Crippen LogP contribution in [0.1, 0.15) is 20.8 Å². The molecule has 1 fully saturated rings. The van der Waals surface area contributed by atoms with Crippen molar-refractivity contribution in [1.82, 2.24) is 5.32 Å². The van der Waals surface area contributed by atoms with Crippen LogP contribution in [0.3, 0.4) is 0 Å². The highest BCUT2D eigenvalue weighted by Crippen LogP contribution is 2.16. The van der Waals surface area contributed by atoms with Crippen molar-refractivity contribution in [2.75, 3.05) is 13.1 Å². The Bertz CT molecular complexity index is 345. The minimum Gasteiger partial charge on any atom is -0.477 e. The molecule has 90 valence electrons. The van der Waals surface area contributed by atoms with Crippen molar-refractivity contribution >= 4 is 11.7 Å². The zero-order valence-electron chi connectivity index (χ0n) is 9.95. The molecular weight excluding hydrogens is 206 g/mol. The first-order chi connectivity index (χ1) is 7.43. The number of rotatable bonds is 2. The van der Waals surface area contributed by atoms with Crippen LogP contribution in [0.4, 0.5) is 0 Å². The summed E-state index contributed by atoms with van der Waals surface area (Å²) < 4.78 is 0. The molecule has 1 rings (SSSR count). The quantitative estimate of drug-likeness (QED) is 0.593. The smallest absolute Gasteiger partial charge is 0.352 e. The van der Waals surface area contributed by atoms with Crippen LogP contribution >= 0.6 is 0 Å². The molecule has 1 heterocycles. The van der Waals surface area contributed by atoms with Gasteiger partial charge < -0.3 is 16.2 Å². The monoisotopic (exact) mass is 225 g/mol. The van der Waals surface area contributed by atoms with E-state index in [1.807, 2.05) is 20.8 Å². The molecule has 0 spiro atoms. The summed E-state index contributed by atoms with van der Waals surface area (Å²) in [6.07, 6.45) is 0. The molecule has 1 saturated heterocycles. The molecule has 0 aromatic carbocycles. The minimum atomic E-state index is -1.08. The van der Waals surface area contributed by atoms with E-state index in [0.29, 0.717) is 12.1 Å². The number of carboxylic acid groups (broad SMARTS) is 1. The van der Waals surface area contributed by atoms with Crippen LogP contribution < -0.4 is 11.1 Å². The molecule has 1 aliphatic rings. The van der Waals surface area contributed by atoms with E-state index >= 15 is 0 Å². The zero-order chi connectivity index (χ0) is 12.3. The maximum Gasteiger partial charge on any atom is 0.352 e. The van der Waals surface area contributed by atoms with Crippen LogP contribution in [0.5, 0.6) is 0 Å². The van der Waals surface area contributed by atoms with Crippen molar-refractivity contribution in [2.24, 2.45) is 16.6 Å². The summed E-state index contributed by atoms with van der Waals surface area (Å²) >= 11 is 0. The van der Waals surface area contributed by atoms with Crippen LogP contribution in [-0.2, 0) is 4.79 Å². The number of carbonyl (C=O) groups is 1. The molecule has 1 aliphatic heterocycles. The fraction of sp³-hybridized carbons (Fsp3) is 0.636. The van der Waals surface area contributed by atoms with E-state index < -0.39 is 5.97 Å². The van der Waals surface area contributed by atoms with E-state index in [1.54, 1.807) is 0 Å². The predicted octanol–water partition coefficient (Wildman–Crippen LogP) is 0.373. The van der Waals surface area contributed by atoms with Gasteiger partial charge in [-0.05, 0) is 13.8 Å². The molecule has 16 heavy (non-hydrogen) atoms. The first-order valence-corrected chi connectivity index (χ1v) is 5.44. The number of piperidine rings is 1. The third-order valence-corrected chi connectivity index (χ3v) is 2.48. The van der Waals surface area contributed by atoms with Gasteiger partial charge in [-0.15, -0.1) is 0 Å². The van der Waals surface area contributed by atoms with Crippen LogP contribution in [0.25, 0.3) is 0 Å². The topological polar surface area (TPSA) is 87.7 Å². The first-order valence-electron chi connectivity index (χ1n) is 5.44. The van der Waals surface area contributed by atoms with Crippen molar-refractivity contribution in [3.63, 3.8) is 0 Å². The van der Waals surface area contributed by atoms with Crippen LogP contribution in [0.15, 0.2) is 16.3 Å². The van der Waals surface area contributed by atoms with Crippen molar-refractivity contribution in [1.29, 1.82) is 0 Å². The van der Waals surface area contributed by atoms with E-state index in [2.05, 4.69) is 10.3 Å². The molecular formula is C11H19N3O2. The Hall–Kier alpha value is -1.36. The summed E-state index contributed by atoms with van der Waals surface area (Å²) in [7, 11) is 0. The number of nitrogens with one attached hydrogen (secondary N) is 1. The minimum absolute atomic E-state index is 0.0987. The Labute approximate surface area is 95.4 Å². The first kappa shape index (κ1) is 12.7. The van der Waals surface area contributed by atoms with Gasteiger partial charge in [-0.2, -0.15) is 0 Å². The van der Waals surface area contributed by atoms with E-state index in [0.717, 1.165) is 12.3 Å². The van der Waals surface area contributed by atoms with E-state index in [9.17, 15) is 4.79 Å². The number of aliphatic imine (C=N–C) groups is 1. The van der Waals surface area contributed by atoms with Gasteiger partial charge in [-0.3, -0.25) is 4.99 Å². The Morgan fingerprint density at radius 1 is 1.62 bits per heavy atom. The molecule has 5 heteroatoms. The molecule has 4 N–H and O–H groups in total. The Morgan fingerprint density at radius 2 is 2.25 bits per heavy atom. The van der Waals surface area contributed by atoms with E-state index in [4.69, 9.17) is 10.8 Å². The number of aliphatic carboxylic acids is 1. The fourth-order valence-corrected chi connectivity index (χ4v) is 1.74. The number of nitrogens with two attached hydrogens (primary N) is 1. The van der Waals surface area contributed by atoms with Gasteiger partial charge in [-0.25, -0.2) is 4.79 Å². The fourth-order valence-electron chi connectivity index (χ4n) is 1.74. The van der Waals surface area contributed by atoms with Gasteiger partial charge in [0.1, 0.15) is 5.70 Å². The maximum absolute atomic E-state index is 10.9. The molecule has 1 atom stereocenters. The molecule has 0 bridgehead atoms. The number of nitrogens with zero attached hydrogens (tertiary/aromatic N) is 1. The number of carboxylic acids is 1. The van der Waals surface area contributed by atoms with Gasteiger partial charge in [0, 0.05) is 36.3 Å². The SMILES string of the molecule is CC(C)N=C1/C(=C(\N)C(=O)O)CNC[C@@H]1C. The average molecular weight is 225 g/mol. The second-order valence-corrected chi connectivity index (χ2v) is 4.34. The van der Waals surface area contributed by atoms with Crippen LogP contribution in [-0.4, -0.2) is 35.9 Å². The highest BCUT2D eigenvalue weighted by molar-refractivity contribution is 6.08. The van der Waals surface area contributed by atoms with Crippen LogP contribution in [0, 0.1) is 5.92 Å². The van der Waals surface area contributed by atoms with Crippen molar-refractivity contribution < 1.29 is 9.90 Å². The van der Waals surface area contributed by atoms with Gasteiger partial charge in [-0.1, -0.05) is 6.92 Å². The Balaban J connectivity index is 3.15. The lowest BCUT2D eigenvalue weighted by Gasteiger charge is -2.26. The summed E-state index contributed by atoms with van der Waals surface area (Å²) in [6, 6.07) is 0.146. The van der Waals surface area contributed by atoms with Gasteiger partial charge in [0.2, 0.25) is 0 Å². The summed E-state index contributed by atoms with van der Waals surface area (Å²) in [5.74, 6) is -0.883. The molecule has 0 unspecified atom stereocenters. The van der Waals surface area contributed by atoms with Gasteiger partial charge in [0.05, 0.1) is 0 Å². The van der Waals surface area contributed by atoms with Crippen LogP contribution in [0.2, 0.25) is 0 Å². The third-order valence-electron chi connectivity index (χ3n) is 2.48. The van der Waals surface area contributed by atoms with E-state index in [1.165, 1.54) is 0 Å². The lowest BCUT2D eigenvalue weighted by atomic mass is 9.92. The second-order valence-electron chi connectivity index (χ2n) is 4.34. The third kappa shape index (κ3) is 2.82. The Kier molecular flexibility index (Phi) is 4.06. The average Bonchev–Trinajstić information content (AvgIpc) is 2.19. The highest BCUT2D eigenvalue weighted by atomic mass is 16.4. The molecule has 0 aromatic heterocycles. The number of hydrogen-bond acceptors (Lipinski definition) is 4. The van der Waals surface area contributed by atoms with Crippen molar-refractivity contribution in [3.05, 3.63) is 11.3 Å². The molecule has 0 aromatic rings. The zero-order valence-corrected chi connectivity index (χ0v) is 9.95. The van der Waals surface area contributed by atoms with Crippen molar-refractivity contribution in [2.45, 2.75) is 26.8 Å². The summed E-state index contributed by atoms with van der Waals surface area (Å²) in [4.78, 5) is 15.3. The maximum atomic E-state index is 10.9. The highest BCUT2D eigenvalue weighted by Gasteiger charge is 2.24. The number of hydrogen-bond donors (Lipinski definition) is 3. The standard InChI is InChI=1S/C11H19N3O2/c1-6(2)14-10-7(3)4-13-5-8(10)9(12)11(15)16/h6-7,13H,4-5,12H2,1-3H3,(H,15,16)/b9-8-,14-10?/t7-/m0/s1. The molecule has 5 nitrogen and oxygen atoms in total. The van der Waals surface area contributed by atoms with Gasteiger partial charge >= 0.3 is 5.97 Å². The summed E-state index contributed by atoms with van der Waals surface area (Å²) in [5.41, 5.74) is 6.93. The van der Waals surface area contributed by atoms with Gasteiger partial charge in [0.25, 0.3) is 0 Å². The van der Waals surface area contributed by atoms with Gasteiger partial charge in [0.15, 0.2) is 0 Å². The summed E-state index contributed by atoms with van der Waals surface area (Å²) in [5, 5.41) is 12.0. The summed E-state index contributed by atoms with van der Waals surface area (Å²) in [6.45, 7) is 7.24. The lowest BCUT2D eigenvalue weighted by molar-refractivity contribution is -0.132. The Morgan fingerprint density at radius 3 is 2.75 bits per heavy atom. The predicted molar refractivity (Wildman–Crippen MR) is 63.5 cm³/mol. The molecule has 0 amide bonds. The molecule has 0 saturated carbocycles. The lowest BCUT2D eigenvalue weighted by Crippen LogP contribution is -2.40. The molecule has 0 aliphatic carbocycles. The second kappa shape index (κ2) is 5.12. The molecule has 0 radical (unpaired) electrons. The largest absolute Gasteiger partial charge is 0.477 e. The van der Waals surface area contributed by atoms with Crippen molar-refractivity contribution in [3.8, 4) is 0 Å². The normalized spacial score (nSPS) is 27.2.